The number of anilines is 1. The molecule has 0 spiro atoms. The summed E-state index contributed by atoms with van der Waals surface area (Å²) in [5.41, 5.74) is 7.60. The lowest BCUT2D eigenvalue weighted by Gasteiger charge is -2.18. The number of rotatable bonds is 1. The summed E-state index contributed by atoms with van der Waals surface area (Å²) in [5.74, 6) is -1.65. The van der Waals surface area contributed by atoms with Gasteiger partial charge in [-0.25, -0.2) is 0 Å². The molecule has 0 saturated carbocycles. The third kappa shape index (κ3) is 2.34. The highest BCUT2D eigenvalue weighted by molar-refractivity contribution is 6.39. The molecule has 0 aliphatic carbocycles. The summed E-state index contributed by atoms with van der Waals surface area (Å²) in [5, 5.41) is 0. The molecular weight excluding hydrogens is 192 g/mol. The third-order valence-electron chi connectivity index (χ3n) is 2.24. The van der Waals surface area contributed by atoms with Crippen LogP contribution in [0.25, 0.3) is 0 Å². The van der Waals surface area contributed by atoms with Crippen LogP contribution in [-0.2, 0) is 9.59 Å². The fourth-order valence-electron chi connectivity index (χ4n) is 1.36. The molecule has 0 fully saturated rings. The Labute approximate surface area is 88.7 Å². The zero-order valence-electron chi connectivity index (χ0n) is 9.07. The standard InChI is InChI=1S/C11H14N2O2/c1-7-4-5-8(2)9(6-7)13(3)11(15)10(12)14/h4-6H,1-3H3,(H2,12,14). The number of hydrogen-bond donors (Lipinski definition) is 1. The van der Waals surface area contributed by atoms with E-state index in [1.54, 1.807) is 0 Å². The molecule has 1 aromatic carbocycles. The van der Waals surface area contributed by atoms with Crippen molar-refractivity contribution >= 4 is 17.5 Å². The molecule has 0 radical (unpaired) electrons. The lowest BCUT2D eigenvalue weighted by atomic mass is 10.1. The number of likely N-dealkylation sites (N-methyl/N-ethyl adjacent to an activating group) is 1. The smallest absolute Gasteiger partial charge is 0.315 e. The van der Waals surface area contributed by atoms with Crippen molar-refractivity contribution in [3.05, 3.63) is 29.3 Å². The highest BCUT2D eigenvalue weighted by atomic mass is 16.2. The highest BCUT2D eigenvalue weighted by Gasteiger charge is 2.17. The SMILES string of the molecule is Cc1ccc(C)c(N(C)C(=O)C(N)=O)c1. The van der Waals surface area contributed by atoms with Crippen LogP contribution in [0.15, 0.2) is 18.2 Å². The number of primary amides is 1. The van der Waals surface area contributed by atoms with Gasteiger partial charge >= 0.3 is 11.8 Å². The minimum atomic E-state index is -0.946. The first-order chi connectivity index (χ1) is 6.93. The van der Waals surface area contributed by atoms with Gasteiger partial charge < -0.3 is 10.6 Å². The van der Waals surface area contributed by atoms with Crippen molar-refractivity contribution in [1.29, 1.82) is 0 Å². The van der Waals surface area contributed by atoms with E-state index in [4.69, 9.17) is 5.73 Å². The fraction of sp³-hybridized carbons (Fsp3) is 0.273. The summed E-state index contributed by atoms with van der Waals surface area (Å²) < 4.78 is 0. The van der Waals surface area contributed by atoms with Gasteiger partial charge in [0.1, 0.15) is 0 Å². The predicted octanol–water partition coefficient (Wildman–Crippen LogP) is 0.752. The molecule has 0 saturated heterocycles. The Hall–Kier alpha value is -1.84. The number of amides is 2. The first-order valence-electron chi connectivity index (χ1n) is 4.58. The van der Waals surface area contributed by atoms with E-state index < -0.39 is 11.8 Å². The molecular formula is C11H14N2O2. The number of nitrogens with zero attached hydrogens (tertiary/aromatic N) is 1. The molecule has 0 aliphatic heterocycles. The maximum atomic E-state index is 11.4. The molecule has 80 valence electrons. The van der Waals surface area contributed by atoms with E-state index in [1.807, 2.05) is 32.0 Å². The van der Waals surface area contributed by atoms with Crippen molar-refractivity contribution in [3.63, 3.8) is 0 Å². The van der Waals surface area contributed by atoms with Gasteiger partial charge in [0.2, 0.25) is 0 Å². The summed E-state index contributed by atoms with van der Waals surface area (Å²) in [4.78, 5) is 23.4. The molecule has 4 nitrogen and oxygen atoms in total. The summed E-state index contributed by atoms with van der Waals surface area (Å²) >= 11 is 0. The lowest BCUT2D eigenvalue weighted by Crippen LogP contribution is -2.38. The minimum Gasteiger partial charge on any atom is -0.361 e. The van der Waals surface area contributed by atoms with E-state index in [0.717, 1.165) is 11.1 Å². The lowest BCUT2D eigenvalue weighted by molar-refractivity contribution is -0.135. The minimum absolute atomic E-state index is 0.705. The zero-order valence-corrected chi connectivity index (χ0v) is 9.07. The molecule has 0 unspecified atom stereocenters. The zero-order chi connectivity index (χ0) is 11.6. The van der Waals surface area contributed by atoms with Crippen molar-refractivity contribution in [2.45, 2.75) is 13.8 Å². The average molecular weight is 206 g/mol. The normalized spacial score (nSPS) is 9.80. The van der Waals surface area contributed by atoms with Crippen LogP contribution in [0.3, 0.4) is 0 Å². The fourth-order valence-corrected chi connectivity index (χ4v) is 1.36. The van der Waals surface area contributed by atoms with Gasteiger partial charge in [-0.3, -0.25) is 9.59 Å². The number of nitrogens with two attached hydrogens (primary N) is 1. The predicted molar refractivity (Wildman–Crippen MR) is 58.5 cm³/mol. The number of benzene rings is 1. The van der Waals surface area contributed by atoms with Gasteiger partial charge in [-0.2, -0.15) is 0 Å². The van der Waals surface area contributed by atoms with Crippen LogP contribution in [0.2, 0.25) is 0 Å². The second-order valence-electron chi connectivity index (χ2n) is 3.52. The molecule has 2 N–H and O–H groups in total. The van der Waals surface area contributed by atoms with Gasteiger partial charge in [0.15, 0.2) is 0 Å². The Kier molecular flexibility index (Phi) is 3.09. The maximum Gasteiger partial charge on any atom is 0.315 e. The molecule has 0 heterocycles. The molecule has 0 bridgehead atoms. The van der Waals surface area contributed by atoms with E-state index in [0.29, 0.717) is 5.69 Å². The molecule has 0 aromatic heterocycles. The van der Waals surface area contributed by atoms with Crippen LogP contribution in [0.4, 0.5) is 5.69 Å². The van der Waals surface area contributed by atoms with Gasteiger partial charge in [0.25, 0.3) is 0 Å². The molecule has 1 aromatic rings. The number of hydrogen-bond acceptors (Lipinski definition) is 2. The molecule has 0 aliphatic rings. The second kappa shape index (κ2) is 4.13. The first kappa shape index (κ1) is 11.2. The van der Waals surface area contributed by atoms with Crippen LogP contribution in [-0.4, -0.2) is 18.9 Å². The van der Waals surface area contributed by atoms with Crippen LogP contribution in [0.5, 0.6) is 0 Å². The topological polar surface area (TPSA) is 63.4 Å². The van der Waals surface area contributed by atoms with E-state index in [2.05, 4.69) is 0 Å². The average Bonchev–Trinajstić information content (AvgIpc) is 2.19. The summed E-state index contributed by atoms with van der Waals surface area (Å²) in [6, 6.07) is 5.69. The maximum absolute atomic E-state index is 11.4. The molecule has 1 rings (SSSR count). The molecule has 15 heavy (non-hydrogen) atoms. The van der Waals surface area contributed by atoms with Crippen molar-refractivity contribution < 1.29 is 9.59 Å². The van der Waals surface area contributed by atoms with E-state index in [9.17, 15) is 9.59 Å². The van der Waals surface area contributed by atoms with Crippen LogP contribution < -0.4 is 10.6 Å². The van der Waals surface area contributed by atoms with Gasteiger partial charge in [-0.1, -0.05) is 12.1 Å². The Morgan fingerprint density at radius 2 is 1.87 bits per heavy atom. The Morgan fingerprint density at radius 1 is 1.27 bits per heavy atom. The Morgan fingerprint density at radius 3 is 2.40 bits per heavy atom. The van der Waals surface area contributed by atoms with Gasteiger partial charge in [0, 0.05) is 12.7 Å². The summed E-state index contributed by atoms with van der Waals surface area (Å²) in [6.07, 6.45) is 0. The van der Waals surface area contributed by atoms with Crippen molar-refractivity contribution in [1.82, 2.24) is 0 Å². The number of aryl methyl sites for hydroxylation is 2. The second-order valence-corrected chi connectivity index (χ2v) is 3.52. The van der Waals surface area contributed by atoms with Gasteiger partial charge in [0.05, 0.1) is 0 Å². The molecule has 0 atom stereocenters. The van der Waals surface area contributed by atoms with Gasteiger partial charge in [-0.05, 0) is 31.0 Å². The monoisotopic (exact) mass is 206 g/mol. The molecule has 2 amide bonds. The largest absolute Gasteiger partial charge is 0.361 e. The highest BCUT2D eigenvalue weighted by Crippen LogP contribution is 2.20. The number of carbonyl (C=O) groups is 2. The van der Waals surface area contributed by atoms with Gasteiger partial charge in [-0.15, -0.1) is 0 Å². The van der Waals surface area contributed by atoms with Crippen LogP contribution in [0, 0.1) is 13.8 Å². The Bertz CT molecular complexity index is 413. The van der Waals surface area contributed by atoms with E-state index in [1.165, 1.54) is 11.9 Å². The van der Waals surface area contributed by atoms with Crippen molar-refractivity contribution in [2.75, 3.05) is 11.9 Å². The summed E-state index contributed by atoms with van der Waals surface area (Å²) in [7, 11) is 1.54. The summed E-state index contributed by atoms with van der Waals surface area (Å²) in [6.45, 7) is 3.80. The quantitative estimate of drug-likeness (QED) is 0.689. The van der Waals surface area contributed by atoms with E-state index in [-0.39, 0.29) is 0 Å². The third-order valence-corrected chi connectivity index (χ3v) is 2.24. The van der Waals surface area contributed by atoms with Crippen LogP contribution in [0.1, 0.15) is 11.1 Å². The first-order valence-corrected chi connectivity index (χ1v) is 4.58. The van der Waals surface area contributed by atoms with Crippen molar-refractivity contribution in [3.8, 4) is 0 Å². The van der Waals surface area contributed by atoms with Crippen molar-refractivity contribution in [2.24, 2.45) is 5.73 Å². The number of carbonyl (C=O) groups excluding carboxylic acids is 2. The van der Waals surface area contributed by atoms with E-state index >= 15 is 0 Å². The Balaban J connectivity index is 3.10. The molecule has 4 heteroatoms. The van der Waals surface area contributed by atoms with Crippen LogP contribution >= 0.6 is 0 Å².